The molecule has 1 fully saturated rings. The molecular weight excluding hydrogens is 440 g/mol. The molecule has 8 heteroatoms. The summed E-state index contributed by atoms with van der Waals surface area (Å²) in [5.74, 6) is 2.07. The zero-order valence-corrected chi connectivity index (χ0v) is 21.3. The molecule has 0 spiro atoms. The summed E-state index contributed by atoms with van der Waals surface area (Å²) in [6, 6.07) is 6.57. The van der Waals surface area contributed by atoms with Crippen molar-refractivity contribution >= 4 is 17.8 Å². The average molecular weight is 475 g/mol. The predicted octanol–water partition coefficient (Wildman–Crippen LogP) is 4.33. The highest BCUT2D eigenvalue weighted by Crippen LogP contribution is 2.29. The third kappa shape index (κ3) is 6.08. The number of hydrogen-bond acceptors (Lipinski definition) is 8. The van der Waals surface area contributed by atoms with Crippen LogP contribution in [0.2, 0.25) is 0 Å². The van der Waals surface area contributed by atoms with Crippen LogP contribution < -0.4 is 9.80 Å². The van der Waals surface area contributed by atoms with Gasteiger partial charge in [-0.3, -0.25) is 4.98 Å². The van der Waals surface area contributed by atoms with Crippen LogP contribution in [-0.2, 0) is 16.0 Å². The monoisotopic (exact) mass is 474 g/mol. The topological polar surface area (TPSA) is 92.2 Å². The van der Waals surface area contributed by atoms with Gasteiger partial charge < -0.3 is 9.80 Å². The molecule has 1 aliphatic heterocycles. The second-order valence-electron chi connectivity index (χ2n) is 9.01. The summed E-state index contributed by atoms with van der Waals surface area (Å²) in [6.07, 6.45) is 9.51. The van der Waals surface area contributed by atoms with E-state index < -0.39 is 0 Å². The molecule has 1 atom stereocenters. The Hall–Kier alpha value is -3.64. The molecule has 1 aliphatic rings. The Morgan fingerprint density at radius 3 is 2.49 bits per heavy atom. The SMILES string of the molecule is CCCCc1cnc(N2CCN(c3nnc(-c4cccnc4)c(C)c3C)C[C@H]2C)cc1C.O=C=O. The zero-order valence-electron chi connectivity index (χ0n) is 21.3. The average Bonchev–Trinajstić information content (AvgIpc) is 2.86. The third-order valence-electron chi connectivity index (χ3n) is 6.66. The van der Waals surface area contributed by atoms with E-state index in [9.17, 15) is 0 Å². The second-order valence-corrected chi connectivity index (χ2v) is 9.01. The van der Waals surface area contributed by atoms with Gasteiger partial charge in [-0.2, -0.15) is 9.59 Å². The van der Waals surface area contributed by atoms with Crippen molar-refractivity contribution in [2.45, 2.75) is 59.9 Å². The number of anilines is 2. The maximum Gasteiger partial charge on any atom is 0.373 e. The van der Waals surface area contributed by atoms with Gasteiger partial charge >= 0.3 is 6.15 Å². The van der Waals surface area contributed by atoms with Gasteiger partial charge in [-0.05, 0) is 81.0 Å². The van der Waals surface area contributed by atoms with Crippen LogP contribution in [0, 0.1) is 20.8 Å². The standard InChI is InChI=1S/C26H34N6.CO2/c1-6-7-9-22-16-28-24(14-18(22)2)32-13-12-31(17-19(32)3)26-21(5)20(4)25(29-30-26)23-10-8-11-27-15-23;2-1-3/h8,10-11,14-16,19H,6-7,9,12-13,17H2,1-5H3;/t19-;/m1./s1. The smallest absolute Gasteiger partial charge is 0.351 e. The lowest BCUT2D eigenvalue weighted by molar-refractivity contribution is -0.191. The van der Waals surface area contributed by atoms with Crippen molar-refractivity contribution in [1.82, 2.24) is 20.2 Å². The molecule has 0 bridgehead atoms. The van der Waals surface area contributed by atoms with Crippen LogP contribution in [0.4, 0.5) is 11.6 Å². The molecule has 4 heterocycles. The first kappa shape index (κ1) is 26.0. The molecule has 1 saturated heterocycles. The van der Waals surface area contributed by atoms with Crippen molar-refractivity contribution in [1.29, 1.82) is 0 Å². The fourth-order valence-corrected chi connectivity index (χ4v) is 4.52. The number of hydrogen-bond donors (Lipinski definition) is 0. The van der Waals surface area contributed by atoms with Crippen molar-refractivity contribution in [3.05, 3.63) is 59.0 Å². The van der Waals surface area contributed by atoms with Gasteiger partial charge in [0, 0.05) is 49.8 Å². The van der Waals surface area contributed by atoms with E-state index in [0.717, 1.165) is 54.5 Å². The number of aromatic nitrogens is 4. The highest BCUT2D eigenvalue weighted by molar-refractivity contribution is 5.66. The predicted molar refractivity (Wildman–Crippen MR) is 136 cm³/mol. The Morgan fingerprint density at radius 1 is 1.09 bits per heavy atom. The molecule has 4 rings (SSSR count). The van der Waals surface area contributed by atoms with E-state index in [1.165, 1.54) is 29.5 Å². The zero-order chi connectivity index (χ0) is 25.4. The van der Waals surface area contributed by atoms with Gasteiger partial charge in [0.25, 0.3) is 0 Å². The van der Waals surface area contributed by atoms with Crippen molar-refractivity contribution in [3.63, 3.8) is 0 Å². The van der Waals surface area contributed by atoms with E-state index in [1.54, 1.807) is 6.20 Å². The number of nitrogens with zero attached hydrogens (tertiary/aromatic N) is 6. The molecule has 0 unspecified atom stereocenters. The number of rotatable bonds is 6. The number of unbranched alkanes of at least 4 members (excludes halogenated alkanes) is 1. The van der Waals surface area contributed by atoms with Gasteiger partial charge in [0.05, 0.1) is 5.69 Å². The maximum absolute atomic E-state index is 8.12. The van der Waals surface area contributed by atoms with Gasteiger partial charge in [0.1, 0.15) is 5.82 Å². The lowest BCUT2D eigenvalue weighted by Gasteiger charge is -2.41. The number of carbonyl (C=O) groups excluding carboxylic acids is 2. The van der Waals surface area contributed by atoms with Crippen LogP contribution in [0.15, 0.2) is 36.8 Å². The number of pyridine rings is 2. The summed E-state index contributed by atoms with van der Waals surface area (Å²) in [5.41, 5.74) is 6.99. The summed E-state index contributed by atoms with van der Waals surface area (Å²) in [7, 11) is 0. The Labute approximate surface area is 207 Å². The summed E-state index contributed by atoms with van der Waals surface area (Å²) in [6.45, 7) is 13.7. The van der Waals surface area contributed by atoms with Crippen LogP contribution in [0.5, 0.6) is 0 Å². The van der Waals surface area contributed by atoms with E-state index in [2.05, 4.69) is 71.9 Å². The summed E-state index contributed by atoms with van der Waals surface area (Å²) >= 11 is 0. The van der Waals surface area contributed by atoms with E-state index in [-0.39, 0.29) is 6.15 Å². The summed E-state index contributed by atoms with van der Waals surface area (Å²) in [4.78, 5) is 30.1. The van der Waals surface area contributed by atoms with Crippen molar-refractivity contribution in [2.24, 2.45) is 0 Å². The molecular formula is C27H34N6O2. The maximum atomic E-state index is 8.12. The summed E-state index contributed by atoms with van der Waals surface area (Å²) < 4.78 is 0. The molecule has 3 aromatic rings. The fraction of sp³-hybridized carbons (Fsp3) is 0.444. The molecule has 0 N–H and O–H groups in total. The van der Waals surface area contributed by atoms with E-state index in [1.807, 2.05) is 18.3 Å². The molecule has 3 aromatic heterocycles. The van der Waals surface area contributed by atoms with Gasteiger partial charge in [-0.15, -0.1) is 10.2 Å². The van der Waals surface area contributed by atoms with Crippen molar-refractivity contribution in [2.75, 3.05) is 29.4 Å². The van der Waals surface area contributed by atoms with E-state index in [4.69, 9.17) is 14.6 Å². The van der Waals surface area contributed by atoms with Crippen molar-refractivity contribution in [3.8, 4) is 11.3 Å². The first-order valence-electron chi connectivity index (χ1n) is 12.1. The molecule has 184 valence electrons. The number of aryl methyl sites for hydroxylation is 2. The van der Waals surface area contributed by atoms with Crippen LogP contribution in [0.3, 0.4) is 0 Å². The minimum Gasteiger partial charge on any atom is -0.351 e. The molecule has 8 nitrogen and oxygen atoms in total. The van der Waals surface area contributed by atoms with Crippen LogP contribution in [0.1, 0.15) is 48.9 Å². The highest BCUT2D eigenvalue weighted by Gasteiger charge is 2.27. The Morgan fingerprint density at radius 2 is 1.86 bits per heavy atom. The van der Waals surface area contributed by atoms with E-state index in [0.29, 0.717) is 6.04 Å². The second kappa shape index (κ2) is 12.2. The lowest BCUT2D eigenvalue weighted by Crippen LogP contribution is -2.53. The molecule has 0 saturated carbocycles. The Kier molecular flexibility index (Phi) is 9.04. The third-order valence-corrected chi connectivity index (χ3v) is 6.66. The normalized spacial score (nSPS) is 15.3. The first-order chi connectivity index (χ1) is 16.9. The Bertz CT molecular complexity index is 1160. The minimum atomic E-state index is 0.250. The molecule has 35 heavy (non-hydrogen) atoms. The van der Waals surface area contributed by atoms with Crippen LogP contribution in [0.25, 0.3) is 11.3 Å². The molecule has 0 amide bonds. The quantitative estimate of drug-likeness (QED) is 0.521. The van der Waals surface area contributed by atoms with Gasteiger partial charge in [-0.1, -0.05) is 13.3 Å². The molecule has 0 aromatic carbocycles. The van der Waals surface area contributed by atoms with Gasteiger partial charge in [-0.25, -0.2) is 4.98 Å². The molecule has 0 radical (unpaired) electrons. The minimum absolute atomic E-state index is 0.250. The number of piperazine rings is 1. The fourth-order valence-electron chi connectivity index (χ4n) is 4.52. The first-order valence-corrected chi connectivity index (χ1v) is 12.1. The highest BCUT2D eigenvalue weighted by atomic mass is 16.2. The Balaban J connectivity index is 0.00000108. The van der Waals surface area contributed by atoms with Gasteiger partial charge in [0.2, 0.25) is 0 Å². The lowest BCUT2D eigenvalue weighted by atomic mass is 10.0. The van der Waals surface area contributed by atoms with Gasteiger partial charge in [0.15, 0.2) is 5.82 Å². The van der Waals surface area contributed by atoms with Crippen LogP contribution >= 0.6 is 0 Å². The van der Waals surface area contributed by atoms with Crippen LogP contribution in [-0.4, -0.2) is 52.0 Å². The van der Waals surface area contributed by atoms with E-state index >= 15 is 0 Å². The molecule has 0 aliphatic carbocycles. The largest absolute Gasteiger partial charge is 0.373 e. The van der Waals surface area contributed by atoms with Crippen molar-refractivity contribution < 1.29 is 9.59 Å². The summed E-state index contributed by atoms with van der Waals surface area (Å²) in [5, 5.41) is 9.21.